The number of methoxy groups -OCH3 is 1. The van der Waals surface area contributed by atoms with E-state index in [1.54, 1.807) is 7.11 Å². The number of benzene rings is 1. The molecule has 1 amide bonds. The molecule has 4 nitrogen and oxygen atoms in total. The Morgan fingerprint density at radius 2 is 2.14 bits per heavy atom. The summed E-state index contributed by atoms with van der Waals surface area (Å²) in [7, 11) is 1.67. The smallest absolute Gasteiger partial charge is 0.220 e. The lowest BCUT2D eigenvalue weighted by Gasteiger charge is -2.27. The zero-order chi connectivity index (χ0) is 15.9. The van der Waals surface area contributed by atoms with Gasteiger partial charge in [-0.1, -0.05) is 19.1 Å². The lowest BCUT2D eigenvalue weighted by atomic mass is 9.84. The van der Waals surface area contributed by atoms with Crippen LogP contribution in [0, 0.1) is 18.8 Å². The summed E-state index contributed by atoms with van der Waals surface area (Å²) >= 11 is 0. The number of piperidine rings is 1. The van der Waals surface area contributed by atoms with Gasteiger partial charge in [0.2, 0.25) is 5.91 Å². The number of rotatable bonds is 6. The molecule has 1 aromatic carbocycles. The van der Waals surface area contributed by atoms with Gasteiger partial charge in [0.1, 0.15) is 5.75 Å². The third kappa shape index (κ3) is 4.73. The van der Waals surface area contributed by atoms with Crippen LogP contribution in [0.2, 0.25) is 0 Å². The molecule has 1 aliphatic rings. The van der Waals surface area contributed by atoms with E-state index in [2.05, 4.69) is 17.6 Å². The predicted octanol–water partition coefficient (Wildman–Crippen LogP) is 2.65. The van der Waals surface area contributed by atoms with E-state index in [1.165, 1.54) is 12.8 Å². The molecule has 0 saturated carbocycles. The first-order valence-corrected chi connectivity index (χ1v) is 8.21. The maximum atomic E-state index is 12.1. The molecule has 0 radical (unpaired) electrons. The third-order valence-electron chi connectivity index (χ3n) is 4.66. The lowest BCUT2D eigenvalue weighted by Crippen LogP contribution is -2.33. The molecule has 1 aromatic rings. The number of nitrogens with one attached hydrogen (secondary N) is 2. The molecule has 4 heteroatoms. The van der Waals surface area contributed by atoms with Crippen molar-refractivity contribution in [3.05, 3.63) is 29.3 Å². The number of hydrogen-bond acceptors (Lipinski definition) is 3. The van der Waals surface area contributed by atoms with E-state index in [-0.39, 0.29) is 5.91 Å². The van der Waals surface area contributed by atoms with Crippen LogP contribution >= 0.6 is 0 Å². The molecule has 2 rings (SSSR count). The van der Waals surface area contributed by atoms with Gasteiger partial charge in [0, 0.05) is 13.0 Å². The summed E-state index contributed by atoms with van der Waals surface area (Å²) in [4.78, 5) is 12.1. The normalized spacial score (nSPS) is 17.0. The zero-order valence-corrected chi connectivity index (χ0v) is 13.9. The fraction of sp³-hybridized carbons (Fsp3) is 0.611. The van der Waals surface area contributed by atoms with Gasteiger partial charge in [-0.05, 0) is 61.9 Å². The first kappa shape index (κ1) is 16.8. The summed E-state index contributed by atoms with van der Waals surface area (Å²) in [5.74, 6) is 2.14. The van der Waals surface area contributed by atoms with E-state index < -0.39 is 0 Å². The fourth-order valence-corrected chi connectivity index (χ4v) is 3.12. The summed E-state index contributed by atoms with van der Waals surface area (Å²) in [6.07, 6.45) is 2.99. The van der Waals surface area contributed by atoms with Crippen LogP contribution in [0.5, 0.6) is 5.75 Å². The number of carbonyl (C=O) groups is 1. The molecule has 0 aromatic heterocycles. The highest BCUT2D eigenvalue weighted by atomic mass is 16.5. The van der Waals surface area contributed by atoms with Crippen LogP contribution in [0.15, 0.2) is 18.2 Å². The van der Waals surface area contributed by atoms with Gasteiger partial charge in [-0.3, -0.25) is 4.79 Å². The maximum Gasteiger partial charge on any atom is 0.220 e. The van der Waals surface area contributed by atoms with Crippen LogP contribution in [0.25, 0.3) is 0 Å². The Morgan fingerprint density at radius 1 is 1.41 bits per heavy atom. The Balaban J connectivity index is 1.79. The number of ether oxygens (including phenoxy) is 1. The maximum absolute atomic E-state index is 12.1. The Morgan fingerprint density at radius 3 is 2.82 bits per heavy atom. The summed E-state index contributed by atoms with van der Waals surface area (Å²) in [5, 5.41) is 6.40. The second kappa shape index (κ2) is 8.18. The van der Waals surface area contributed by atoms with Crippen molar-refractivity contribution in [1.29, 1.82) is 0 Å². The number of hydrogen-bond donors (Lipinski definition) is 2. The van der Waals surface area contributed by atoms with E-state index in [4.69, 9.17) is 4.74 Å². The second-order valence-electron chi connectivity index (χ2n) is 6.35. The third-order valence-corrected chi connectivity index (χ3v) is 4.66. The zero-order valence-electron chi connectivity index (χ0n) is 13.9. The highest BCUT2D eigenvalue weighted by molar-refractivity contribution is 5.76. The van der Waals surface area contributed by atoms with E-state index >= 15 is 0 Å². The second-order valence-corrected chi connectivity index (χ2v) is 6.35. The van der Waals surface area contributed by atoms with Gasteiger partial charge in [0.15, 0.2) is 0 Å². The van der Waals surface area contributed by atoms with Crippen molar-refractivity contribution in [3.63, 3.8) is 0 Å². The molecule has 1 unspecified atom stereocenters. The van der Waals surface area contributed by atoms with Crippen molar-refractivity contribution >= 4 is 5.91 Å². The molecule has 1 aliphatic heterocycles. The van der Waals surface area contributed by atoms with Crippen LogP contribution in [0.4, 0.5) is 0 Å². The molecule has 1 fully saturated rings. The van der Waals surface area contributed by atoms with Crippen LogP contribution in [0.1, 0.15) is 37.3 Å². The predicted molar refractivity (Wildman–Crippen MR) is 89.0 cm³/mol. The van der Waals surface area contributed by atoms with Crippen molar-refractivity contribution in [2.75, 3.05) is 20.2 Å². The van der Waals surface area contributed by atoms with Crippen molar-refractivity contribution in [2.24, 2.45) is 11.8 Å². The Hall–Kier alpha value is -1.55. The van der Waals surface area contributed by atoms with Crippen molar-refractivity contribution in [3.8, 4) is 5.75 Å². The molecule has 22 heavy (non-hydrogen) atoms. The number of aryl methyl sites for hydroxylation is 1. The lowest BCUT2D eigenvalue weighted by molar-refractivity contribution is -0.122. The quantitative estimate of drug-likeness (QED) is 0.849. The highest BCUT2D eigenvalue weighted by Crippen LogP contribution is 2.24. The molecule has 2 N–H and O–H groups in total. The van der Waals surface area contributed by atoms with Crippen LogP contribution in [-0.2, 0) is 11.3 Å². The fourth-order valence-electron chi connectivity index (χ4n) is 3.12. The Bertz CT molecular complexity index is 496. The number of carbonyl (C=O) groups excluding carboxylic acids is 1. The Labute approximate surface area is 133 Å². The molecular formula is C18H28N2O2. The molecule has 1 saturated heterocycles. The summed E-state index contributed by atoms with van der Waals surface area (Å²) in [5.41, 5.74) is 2.18. The monoisotopic (exact) mass is 304 g/mol. The van der Waals surface area contributed by atoms with Crippen LogP contribution < -0.4 is 15.4 Å². The molecule has 1 atom stereocenters. The first-order chi connectivity index (χ1) is 10.6. The van der Waals surface area contributed by atoms with Gasteiger partial charge in [-0.15, -0.1) is 0 Å². The highest BCUT2D eigenvalue weighted by Gasteiger charge is 2.21. The summed E-state index contributed by atoms with van der Waals surface area (Å²) < 4.78 is 5.32. The molecule has 122 valence electrons. The SMILES string of the molecule is COc1cc(CNC(=O)CC(C)C2CCNCC2)ccc1C. The van der Waals surface area contributed by atoms with Gasteiger partial charge >= 0.3 is 0 Å². The van der Waals surface area contributed by atoms with Gasteiger partial charge in [-0.25, -0.2) is 0 Å². The molecule has 1 heterocycles. The van der Waals surface area contributed by atoms with Gasteiger partial charge in [-0.2, -0.15) is 0 Å². The van der Waals surface area contributed by atoms with Gasteiger partial charge in [0.05, 0.1) is 7.11 Å². The van der Waals surface area contributed by atoms with Gasteiger partial charge in [0.25, 0.3) is 0 Å². The van der Waals surface area contributed by atoms with E-state index in [0.717, 1.165) is 30.0 Å². The minimum Gasteiger partial charge on any atom is -0.496 e. The van der Waals surface area contributed by atoms with Crippen molar-refractivity contribution < 1.29 is 9.53 Å². The first-order valence-electron chi connectivity index (χ1n) is 8.21. The minimum atomic E-state index is 0.144. The summed E-state index contributed by atoms with van der Waals surface area (Å²) in [6, 6.07) is 6.05. The molecule has 0 bridgehead atoms. The van der Waals surface area contributed by atoms with Gasteiger partial charge < -0.3 is 15.4 Å². The van der Waals surface area contributed by atoms with Crippen LogP contribution in [-0.4, -0.2) is 26.1 Å². The average molecular weight is 304 g/mol. The van der Waals surface area contributed by atoms with Crippen LogP contribution in [0.3, 0.4) is 0 Å². The standard InChI is InChI=1S/C18H28N2O2/c1-13-4-5-15(11-17(13)22-3)12-20-18(21)10-14(2)16-6-8-19-9-7-16/h4-5,11,14,16,19H,6-10,12H2,1-3H3,(H,20,21). The van der Waals surface area contributed by atoms with Crippen molar-refractivity contribution in [1.82, 2.24) is 10.6 Å². The topological polar surface area (TPSA) is 50.4 Å². The Kier molecular flexibility index (Phi) is 6.25. The average Bonchev–Trinajstić information content (AvgIpc) is 2.55. The number of amides is 1. The summed E-state index contributed by atoms with van der Waals surface area (Å²) in [6.45, 7) is 6.94. The van der Waals surface area contributed by atoms with E-state index in [0.29, 0.717) is 24.8 Å². The van der Waals surface area contributed by atoms with E-state index in [9.17, 15) is 4.79 Å². The molecule has 0 aliphatic carbocycles. The largest absolute Gasteiger partial charge is 0.496 e. The molecular weight excluding hydrogens is 276 g/mol. The van der Waals surface area contributed by atoms with Crippen molar-refractivity contribution in [2.45, 2.75) is 39.7 Å². The molecule has 0 spiro atoms. The van der Waals surface area contributed by atoms with E-state index in [1.807, 2.05) is 25.1 Å². The minimum absolute atomic E-state index is 0.144.